The number of aromatic nitrogens is 1. The summed E-state index contributed by atoms with van der Waals surface area (Å²) in [5, 5.41) is 6.05. The summed E-state index contributed by atoms with van der Waals surface area (Å²) < 4.78 is 5.18. The molecule has 5 heteroatoms. The molecule has 0 saturated carbocycles. The molecule has 0 fully saturated rings. The summed E-state index contributed by atoms with van der Waals surface area (Å²) in [7, 11) is 0. The Labute approximate surface area is 124 Å². The van der Waals surface area contributed by atoms with Gasteiger partial charge in [-0.2, -0.15) is 0 Å². The molecule has 0 unspecified atom stereocenters. The Hall–Kier alpha value is -2.30. The van der Waals surface area contributed by atoms with Gasteiger partial charge < -0.3 is 15.1 Å². The van der Waals surface area contributed by atoms with Crippen molar-refractivity contribution in [1.29, 1.82) is 0 Å². The smallest absolute Gasteiger partial charge is 0.251 e. The first-order valence-electron chi connectivity index (χ1n) is 7.15. The van der Waals surface area contributed by atoms with Gasteiger partial charge in [-0.05, 0) is 36.6 Å². The van der Waals surface area contributed by atoms with E-state index in [1.165, 1.54) is 0 Å². The number of hydrogen-bond donors (Lipinski definition) is 2. The summed E-state index contributed by atoms with van der Waals surface area (Å²) in [6.45, 7) is 5.58. The van der Waals surface area contributed by atoms with Crippen LogP contribution in [0.25, 0.3) is 0 Å². The second-order valence-electron chi connectivity index (χ2n) is 5.30. The van der Waals surface area contributed by atoms with Gasteiger partial charge in [0.05, 0.1) is 12.8 Å². The van der Waals surface area contributed by atoms with Gasteiger partial charge in [0.2, 0.25) is 0 Å². The van der Waals surface area contributed by atoms with E-state index in [4.69, 9.17) is 4.42 Å². The molecule has 1 amide bonds. The van der Waals surface area contributed by atoms with E-state index in [1.807, 2.05) is 6.07 Å². The topological polar surface area (TPSA) is 67.2 Å². The van der Waals surface area contributed by atoms with Crippen molar-refractivity contribution in [3.8, 4) is 0 Å². The number of rotatable bonds is 7. The first-order valence-corrected chi connectivity index (χ1v) is 7.15. The molecule has 0 aliphatic rings. The average Bonchev–Trinajstić information content (AvgIpc) is 2.98. The predicted molar refractivity (Wildman–Crippen MR) is 82.1 cm³/mol. The minimum Gasteiger partial charge on any atom is -0.467 e. The van der Waals surface area contributed by atoms with Gasteiger partial charge in [-0.1, -0.05) is 13.8 Å². The van der Waals surface area contributed by atoms with E-state index in [0.717, 1.165) is 24.5 Å². The summed E-state index contributed by atoms with van der Waals surface area (Å²) in [6.07, 6.45) is 4.29. The second-order valence-corrected chi connectivity index (χ2v) is 5.30. The fraction of sp³-hybridized carbons (Fsp3) is 0.375. The third-order valence-electron chi connectivity index (χ3n) is 3.05. The van der Waals surface area contributed by atoms with Gasteiger partial charge in [0, 0.05) is 18.3 Å². The lowest BCUT2D eigenvalue weighted by atomic mass is 10.1. The summed E-state index contributed by atoms with van der Waals surface area (Å²) in [5.74, 6) is 1.95. The number of pyridine rings is 1. The summed E-state index contributed by atoms with van der Waals surface area (Å²) in [5.41, 5.74) is 0.587. The van der Waals surface area contributed by atoms with Crippen molar-refractivity contribution in [2.45, 2.75) is 26.8 Å². The van der Waals surface area contributed by atoms with Crippen LogP contribution in [-0.2, 0) is 6.54 Å². The lowest BCUT2D eigenvalue weighted by molar-refractivity contribution is 0.0948. The second kappa shape index (κ2) is 7.47. The fourth-order valence-electron chi connectivity index (χ4n) is 1.84. The molecule has 2 N–H and O–H groups in total. The van der Waals surface area contributed by atoms with E-state index in [1.54, 1.807) is 30.7 Å². The Morgan fingerprint density at radius 3 is 2.95 bits per heavy atom. The molecule has 0 aromatic carbocycles. The van der Waals surface area contributed by atoms with Crippen molar-refractivity contribution in [1.82, 2.24) is 10.3 Å². The zero-order chi connectivity index (χ0) is 15.1. The number of hydrogen-bond acceptors (Lipinski definition) is 4. The summed E-state index contributed by atoms with van der Waals surface area (Å²) in [6, 6.07) is 7.08. The van der Waals surface area contributed by atoms with Crippen LogP contribution in [0.1, 0.15) is 36.4 Å². The lowest BCUT2D eigenvalue weighted by Crippen LogP contribution is -2.22. The van der Waals surface area contributed by atoms with Crippen LogP contribution >= 0.6 is 0 Å². The molecule has 0 aliphatic heterocycles. The number of carbonyl (C=O) groups is 1. The number of nitrogens with one attached hydrogen (secondary N) is 2. The van der Waals surface area contributed by atoms with Crippen LogP contribution in [0.15, 0.2) is 41.1 Å². The largest absolute Gasteiger partial charge is 0.467 e. The Bertz CT molecular complexity index is 565. The van der Waals surface area contributed by atoms with Gasteiger partial charge in [-0.3, -0.25) is 4.79 Å². The van der Waals surface area contributed by atoms with Crippen LogP contribution in [0.2, 0.25) is 0 Å². The average molecular weight is 287 g/mol. The zero-order valence-electron chi connectivity index (χ0n) is 12.4. The minimum absolute atomic E-state index is 0.138. The molecule has 0 aliphatic carbocycles. The van der Waals surface area contributed by atoms with Crippen LogP contribution in [0.3, 0.4) is 0 Å². The highest BCUT2D eigenvalue weighted by Crippen LogP contribution is 2.09. The van der Waals surface area contributed by atoms with Gasteiger partial charge >= 0.3 is 0 Å². The van der Waals surface area contributed by atoms with Gasteiger partial charge in [0.25, 0.3) is 5.91 Å². The molecule has 2 rings (SSSR count). The van der Waals surface area contributed by atoms with E-state index in [0.29, 0.717) is 18.0 Å². The highest BCUT2D eigenvalue weighted by atomic mass is 16.3. The number of anilines is 1. The zero-order valence-corrected chi connectivity index (χ0v) is 12.4. The summed E-state index contributed by atoms with van der Waals surface area (Å²) >= 11 is 0. The van der Waals surface area contributed by atoms with Crippen molar-refractivity contribution in [3.05, 3.63) is 48.0 Å². The van der Waals surface area contributed by atoms with Gasteiger partial charge in [-0.15, -0.1) is 0 Å². The third-order valence-corrected chi connectivity index (χ3v) is 3.05. The molecular weight excluding hydrogens is 266 g/mol. The van der Waals surface area contributed by atoms with Crippen LogP contribution in [0.4, 0.5) is 5.82 Å². The Morgan fingerprint density at radius 1 is 1.38 bits per heavy atom. The monoisotopic (exact) mass is 287 g/mol. The van der Waals surface area contributed by atoms with Crippen LogP contribution in [0.5, 0.6) is 0 Å². The number of carbonyl (C=O) groups excluding carboxylic acids is 1. The van der Waals surface area contributed by atoms with Gasteiger partial charge in [0.15, 0.2) is 0 Å². The van der Waals surface area contributed by atoms with E-state index >= 15 is 0 Å². The first kappa shape index (κ1) is 15.1. The first-order chi connectivity index (χ1) is 10.1. The van der Waals surface area contributed by atoms with Crippen LogP contribution in [0, 0.1) is 5.92 Å². The fourth-order valence-corrected chi connectivity index (χ4v) is 1.84. The molecule has 2 aromatic heterocycles. The van der Waals surface area contributed by atoms with E-state index < -0.39 is 0 Å². The Morgan fingerprint density at radius 2 is 2.24 bits per heavy atom. The molecule has 2 aromatic rings. The molecule has 2 heterocycles. The minimum atomic E-state index is -0.138. The highest BCUT2D eigenvalue weighted by molar-refractivity contribution is 5.94. The molecule has 5 nitrogen and oxygen atoms in total. The van der Waals surface area contributed by atoms with Gasteiger partial charge in [-0.25, -0.2) is 4.98 Å². The Balaban J connectivity index is 1.88. The molecule has 0 spiro atoms. The molecule has 21 heavy (non-hydrogen) atoms. The molecule has 112 valence electrons. The third kappa shape index (κ3) is 4.95. The SMILES string of the molecule is CC(C)CCNc1cc(C(=O)NCc2ccco2)ccn1. The van der Waals surface area contributed by atoms with Gasteiger partial charge in [0.1, 0.15) is 11.6 Å². The Kier molecular flexibility index (Phi) is 5.37. The van der Waals surface area contributed by atoms with Crippen molar-refractivity contribution >= 4 is 11.7 Å². The van der Waals surface area contributed by atoms with Crippen LogP contribution < -0.4 is 10.6 Å². The van der Waals surface area contributed by atoms with Crippen molar-refractivity contribution < 1.29 is 9.21 Å². The highest BCUT2D eigenvalue weighted by Gasteiger charge is 2.07. The number of furan rings is 1. The molecule has 0 bridgehead atoms. The molecular formula is C16H21N3O2. The molecule has 0 saturated heterocycles. The lowest BCUT2D eigenvalue weighted by Gasteiger charge is -2.09. The number of nitrogens with zero attached hydrogens (tertiary/aromatic N) is 1. The van der Waals surface area contributed by atoms with Crippen molar-refractivity contribution in [2.24, 2.45) is 5.92 Å². The van der Waals surface area contributed by atoms with Crippen LogP contribution in [-0.4, -0.2) is 17.4 Å². The van der Waals surface area contributed by atoms with E-state index in [-0.39, 0.29) is 5.91 Å². The molecule has 0 atom stereocenters. The quantitative estimate of drug-likeness (QED) is 0.821. The maximum Gasteiger partial charge on any atom is 0.251 e. The normalized spacial score (nSPS) is 10.6. The van der Waals surface area contributed by atoms with E-state index in [2.05, 4.69) is 29.5 Å². The summed E-state index contributed by atoms with van der Waals surface area (Å²) in [4.78, 5) is 16.3. The predicted octanol–water partition coefficient (Wildman–Crippen LogP) is 3.06. The number of amides is 1. The van der Waals surface area contributed by atoms with Crippen molar-refractivity contribution in [2.75, 3.05) is 11.9 Å². The standard InChI is InChI=1S/C16H21N3O2/c1-12(2)5-7-17-15-10-13(6-8-18-15)16(20)19-11-14-4-3-9-21-14/h3-4,6,8-10,12H,5,7,11H2,1-2H3,(H,17,18)(H,19,20). The maximum absolute atomic E-state index is 12.1. The molecule has 0 radical (unpaired) electrons. The maximum atomic E-state index is 12.1. The van der Waals surface area contributed by atoms with Crippen molar-refractivity contribution in [3.63, 3.8) is 0 Å². The van der Waals surface area contributed by atoms with E-state index in [9.17, 15) is 4.79 Å².